The molecule has 2 saturated heterocycles. The molecule has 3 atom stereocenters. The maximum Gasteiger partial charge on any atom is 0.410 e. The summed E-state index contributed by atoms with van der Waals surface area (Å²) >= 11 is 0. The Morgan fingerprint density at radius 2 is 1.61 bits per heavy atom. The van der Waals surface area contributed by atoms with E-state index in [4.69, 9.17) is 14.6 Å². The number of carboxylic acids is 1. The number of benzene rings is 2. The van der Waals surface area contributed by atoms with Gasteiger partial charge >= 0.3 is 12.1 Å². The first-order valence-electron chi connectivity index (χ1n) is 14.1. The van der Waals surface area contributed by atoms with Gasteiger partial charge in [0, 0.05) is 25.6 Å². The van der Waals surface area contributed by atoms with E-state index in [1.165, 1.54) is 4.90 Å². The maximum absolute atomic E-state index is 13.7. The molecule has 2 heterocycles. The lowest BCUT2D eigenvalue weighted by atomic mass is 9.98. The molecule has 0 saturated carbocycles. The zero-order chi connectivity index (χ0) is 29.3. The third-order valence-corrected chi connectivity index (χ3v) is 7.94. The van der Waals surface area contributed by atoms with E-state index >= 15 is 0 Å². The van der Waals surface area contributed by atoms with Crippen molar-refractivity contribution in [2.75, 3.05) is 32.8 Å². The van der Waals surface area contributed by atoms with Gasteiger partial charge in [-0.05, 0) is 55.9 Å². The van der Waals surface area contributed by atoms with Crippen LogP contribution in [0.15, 0.2) is 48.5 Å². The van der Waals surface area contributed by atoms with E-state index in [2.05, 4.69) is 29.6 Å². The van der Waals surface area contributed by atoms with Crippen molar-refractivity contribution in [1.29, 1.82) is 0 Å². The summed E-state index contributed by atoms with van der Waals surface area (Å²) in [6, 6.07) is 15.5. The van der Waals surface area contributed by atoms with Crippen molar-refractivity contribution >= 4 is 23.9 Å². The van der Waals surface area contributed by atoms with Crippen LogP contribution in [-0.2, 0) is 23.9 Å². The van der Waals surface area contributed by atoms with E-state index in [-0.39, 0.29) is 31.5 Å². The molecule has 0 radical (unpaired) electrons. The van der Waals surface area contributed by atoms with Gasteiger partial charge < -0.3 is 24.8 Å². The van der Waals surface area contributed by atoms with Crippen molar-refractivity contribution in [2.45, 2.75) is 57.3 Å². The minimum absolute atomic E-state index is 0.0814. The molecule has 0 aromatic heterocycles. The number of hydrogen-bond donors (Lipinski definition) is 2. The van der Waals surface area contributed by atoms with Crippen LogP contribution in [0.3, 0.4) is 0 Å². The lowest BCUT2D eigenvalue weighted by molar-refractivity contribution is -0.140. The predicted molar refractivity (Wildman–Crippen MR) is 150 cm³/mol. The van der Waals surface area contributed by atoms with Crippen molar-refractivity contribution in [3.8, 4) is 11.1 Å². The third kappa shape index (κ3) is 6.07. The average molecular weight is 564 g/mol. The van der Waals surface area contributed by atoms with Crippen LogP contribution in [0, 0.1) is 5.92 Å². The summed E-state index contributed by atoms with van der Waals surface area (Å²) < 4.78 is 11.9. The molecule has 10 nitrogen and oxygen atoms in total. The molecule has 10 heteroatoms. The van der Waals surface area contributed by atoms with E-state index in [1.54, 1.807) is 4.90 Å². The monoisotopic (exact) mass is 563 g/mol. The molecule has 5 rings (SSSR count). The lowest BCUT2D eigenvalue weighted by Crippen LogP contribution is -2.48. The number of likely N-dealkylation sites (tertiary alicyclic amines) is 2. The van der Waals surface area contributed by atoms with E-state index in [1.807, 2.05) is 45.0 Å². The van der Waals surface area contributed by atoms with Crippen molar-refractivity contribution in [3.05, 3.63) is 59.7 Å². The second kappa shape index (κ2) is 11.5. The quantitative estimate of drug-likeness (QED) is 0.530. The Morgan fingerprint density at radius 3 is 2.22 bits per heavy atom. The first-order valence-corrected chi connectivity index (χ1v) is 14.1. The summed E-state index contributed by atoms with van der Waals surface area (Å²) in [4.78, 5) is 53.8. The number of amides is 3. The molecule has 2 unspecified atom stereocenters. The van der Waals surface area contributed by atoms with Gasteiger partial charge in [-0.2, -0.15) is 0 Å². The highest BCUT2D eigenvalue weighted by molar-refractivity contribution is 5.89. The number of carbonyl (C=O) groups excluding carboxylic acids is 3. The van der Waals surface area contributed by atoms with Crippen LogP contribution in [-0.4, -0.2) is 89.3 Å². The van der Waals surface area contributed by atoms with Gasteiger partial charge in [0.05, 0.1) is 17.6 Å². The van der Waals surface area contributed by atoms with Crippen LogP contribution in [0.4, 0.5) is 4.79 Å². The number of carboxylic acid groups (broad SMARTS) is 1. The minimum Gasteiger partial charge on any atom is -0.480 e. The highest BCUT2D eigenvalue weighted by Crippen LogP contribution is 2.44. The van der Waals surface area contributed by atoms with Gasteiger partial charge in [-0.15, -0.1) is 0 Å². The fourth-order valence-corrected chi connectivity index (χ4v) is 6.20. The van der Waals surface area contributed by atoms with E-state index in [0.29, 0.717) is 19.4 Å². The second-order valence-corrected chi connectivity index (χ2v) is 11.9. The Hall–Kier alpha value is -3.92. The zero-order valence-electron chi connectivity index (χ0n) is 23.7. The van der Waals surface area contributed by atoms with Crippen LogP contribution in [0.2, 0.25) is 0 Å². The number of carbonyl (C=O) groups is 4. The fraction of sp³-hybridized carbons (Fsp3) is 0.484. The van der Waals surface area contributed by atoms with E-state index < -0.39 is 48.2 Å². The summed E-state index contributed by atoms with van der Waals surface area (Å²) in [5, 5.41) is 11.4. The summed E-state index contributed by atoms with van der Waals surface area (Å²) in [7, 11) is 0. The number of nitrogens with zero attached hydrogens (tertiary/aromatic N) is 2. The van der Waals surface area contributed by atoms with Crippen LogP contribution >= 0.6 is 0 Å². The van der Waals surface area contributed by atoms with Crippen molar-refractivity contribution in [1.82, 2.24) is 15.1 Å². The number of aliphatic carboxylic acids is 1. The van der Waals surface area contributed by atoms with Gasteiger partial charge in [-0.1, -0.05) is 48.5 Å². The van der Waals surface area contributed by atoms with Gasteiger partial charge in [0.2, 0.25) is 11.8 Å². The summed E-state index contributed by atoms with van der Waals surface area (Å²) in [5.41, 5.74) is 3.94. The second-order valence-electron chi connectivity index (χ2n) is 11.9. The maximum atomic E-state index is 13.7. The van der Waals surface area contributed by atoms with Gasteiger partial charge in [-0.25, -0.2) is 4.79 Å². The first kappa shape index (κ1) is 28.6. The Balaban J connectivity index is 1.25. The van der Waals surface area contributed by atoms with Crippen LogP contribution in [0.25, 0.3) is 11.1 Å². The molecule has 1 aliphatic carbocycles. The number of rotatable bonds is 7. The Labute approximate surface area is 239 Å². The molecule has 2 fully saturated rings. The molecule has 0 bridgehead atoms. The summed E-state index contributed by atoms with van der Waals surface area (Å²) in [5.74, 6) is -2.69. The fourth-order valence-electron chi connectivity index (χ4n) is 6.20. The standard InChI is InChI=1S/C31H37N3O7/c1-31(2,3)41-26-17-33(16-23(26)28(37)32-15-27(35)36)29(38)25-13-8-14-34(25)30(39)40-18-24-21-11-6-4-9-19(21)20-10-5-7-12-22(20)24/h4-7,9-12,23-26H,8,13-18H2,1-3H3,(H,32,37)(H,35,36)/t23?,25-,26?/m0/s1. The van der Waals surface area contributed by atoms with Gasteiger partial charge in [0.15, 0.2) is 0 Å². The van der Waals surface area contributed by atoms with Gasteiger partial charge in [0.1, 0.15) is 19.2 Å². The zero-order valence-corrected chi connectivity index (χ0v) is 23.7. The summed E-state index contributed by atoms with van der Waals surface area (Å²) in [6.07, 6.45) is 0.0382. The highest BCUT2D eigenvalue weighted by atomic mass is 16.6. The lowest BCUT2D eigenvalue weighted by Gasteiger charge is -2.29. The SMILES string of the molecule is CC(C)(C)OC1CN(C(=O)[C@@H]2CCCN2C(=O)OCC2c3ccccc3-c3ccccc32)CC1C(=O)NCC(=O)O. The molecule has 41 heavy (non-hydrogen) atoms. The van der Waals surface area contributed by atoms with Crippen molar-refractivity contribution in [2.24, 2.45) is 5.92 Å². The molecule has 3 aliphatic rings. The number of nitrogens with one attached hydrogen (secondary N) is 1. The molecule has 218 valence electrons. The molecular weight excluding hydrogens is 526 g/mol. The molecule has 2 N–H and O–H groups in total. The number of ether oxygens (including phenoxy) is 2. The topological polar surface area (TPSA) is 125 Å². The number of fused-ring (bicyclic) bond motifs is 3. The molecule has 2 aromatic carbocycles. The van der Waals surface area contributed by atoms with E-state index in [0.717, 1.165) is 22.3 Å². The van der Waals surface area contributed by atoms with Crippen LogP contribution in [0.5, 0.6) is 0 Å². The van der Waals surface area contributed by atoms with Crippen molar-refractivity contribution < 1.29 is 33.8 Å². The molecule has 2 aliphatic heterocycles. The van der Waals surface area contributed by atoms with Crippen molar-refractivity contribution in [3.63, 3.8) is 0 Å². The number of hydrogen-bond acceptors (Lipinski definition) is 6. The van der Waals surface area contributed by atoms with Crippen LogP contribution in [0.1, 0.15) is 50.7 Å². The first-order chi connectivity index (χ1) is 19.5. The molecule has 2 aromatic rings. The summed E-state index contributed by atoms with van der Waals surface area (Å²) in [6.45, 7) is 5.91. The Bertz CT molecular complexity index is 1290. The van der Waals surface area contributed by atoms with Gasteiger partial charge in [0.25, 0.3) is 0 Å². The molecular formula is C31H37N3O7. The molecule has 3 amide bonds. The third-order valence-electron chi connectivity index (χ3n) is 7.94. The average Bonchev–Trinajstić information content (AvgIpc) is 3.65. The smallest absolute Gasteiger partial charge is 0.410 e. The minimum atomic E-state index is -1.15. The van der Waals surface area contributed by atoms with Gasteiger partial charge in [-0.3, -0.25) is 19.3 Å². The van der Waals surface area contributed by atoms with E-state index in [9.17, 15) is 19.2 Å². The Kier molecular flexibility index (Phi) is 8.04. The Morgan fingerprint density at radius 1 is 0.976 bits per heavy atom. The normalized spacial score (nSPS) is 21.9. The van der Waals surface area contributed by atoms with Crippen LogP contribution < -0.4 is 5.32 Å². The molecule has 0 spiro atoms. The predicted octanol–water partition coefficient (Wildman–Crippen LogP) is 3.24. The highest BCUT2D eigenvalue weighted by Gasteiger charge is 2.46. The largest absolute Gasteiger partial charge is 0.480 e.